The molecule has 0 aliphatic carbocycles. The van der Waals surface area contributed by atoms with Gasteiger partial charge in [0.2, 0.25) is 0 Å². The summed E-state index contributed by atoms with van der Waals surface area (Å²) in [6.07, 6.45) is 2.88. The predicted octanol–water partition coefficient (Wildman–Crippen LogP) is 2.01. The van der Waals surface area contributed by atoms with Gasteiger partial charge in [-0.3, -0.25) is 4.68 Å². The summed E-state index contributed by atoms with van der Waals surface area (Å²) in [5, 5.41) is 21.7. The summed E-state index contributed by atoms with van der Waals surface area (Å²) >= 11 is 0. The van der Waals surface area contributed by atoms with Gasteiger partial charge in [-0.25, -0.2) is 4.68 Å². The third kappa shape index (κ3) is 4.15. The van der Waals surface area contributed by atoms with Crippen LogP contribution in [0.1, 0.15) is 22.6 Å². The number of aromatic nitrogens is 4. The first-order valence-corrected chi connectivity index (χ1v) is 8.63. The van der Waals surface area contributed by atoms with Crippen molar-refractivity contribution in [2.75, 3.05) is 13.2 Å². The lowest BCUT2D eigenvalue weighted by atomic mass is 10.2. The van der Waals surface area contributed by atoms with Crippen molar-refractivity contribution in [2.45, 2.75) is 33.4 Å². The minimum Gasteiger partial charge on any atom is -0.394 e. The fourth-order valence-electron chi connectivity index (χ4n) is 2.95. The number of rotatable bonds is 8. The molecule has 0 saturated heterocycles. The average Bonchev–Trinajstić information content (AvgIpc) is 3.19. The van der Waals surface area contributed by atoms with Crippen LogP contribution in [0, 0.1) is 13.8 Å². The second-order valence-corrected chi connectivity index (χ2v) is 6.11. The van der Waals surface area contributed by atoms with E-state index in [1.54, 1.807) is 0 Å². The summed E-state index contributed by atoms with van der Waals surface area (Å²) in [6.45, 7) is 6.36. The van der Waals surface area contributed by atoms with Crippen molar-refractivity contribution >= 4 is 0 Å². The van der Waals surface area contributed by atoms with Gasteiger partial charge < -0.3 is 10.4 Å². The molecule has 6 heteroatoms. The molecule has 0 radical (unpaired) electrons. The van der Waals surface area contributed by atoms with Crippen LogP contribution in [-0.2, 0) is 19.5 Å². The molecule has 0 spiro atoms. The Bertz CT molecular complexity index is 807. The fourth-order valence-corrected chi connectivity index (χ4v) is 2.95. The quantitative estimate of drug-likeness (QED) is 0.616. The molecule has 0 fully saturated rings. The van der Waals surface area contributed by atoms with Crippen LogP contribution in [0.15, 0.2) is 42.6 Å². The molecule has 0 amide bonds. The lowest BCUT2D eigenvalue weighted by molar-refractivity contribution is 0.267. The van der Waals surface area contributed by atoms with E-state index < -0.39 is 0 Å². The molecule has 2 aromatic heterocycles. The van der Waals surface area contributed by atoms with E-state index in [0.29, 0.717) is 6.54 Å². The van der Waals surface area contributed by atoms with E-state index in [1.165, 1.54) is 5.56 Å². The summed E-state index contributed by atoms with van der Waals surface area (Å²) in [7, 11) is 0. The van der Waals surface area contributed by atoms with Crippen molar-refractivity contribution in [2.24, 2.45) is 0 Å². The number of aliphatic hydroxyl groups is 1. The maximum atomic E-state index is 9.08. The number of nitrogens with one attached hydrogen (secondary N) is 1. The molecule has 3 rings (SSSR count). The minimum absolute atomic E-state index is 0.110. The SMILES string of the molecule is Cc1nn(CCO)c(C)c1CNCCc1ccn(-c2ccccc2)n1. The monoisotopic (exact) mass is 339 g/mol. The summed E-state index contributed by atoms with van der Waals surface area (Å²) in [5.74, 6) is 0. The maximum absolute atomic E-state index is 9.08. The summed E-state index contributed by atoms with van der Waals surface area (Å²) < 4.78 is 3.77. The van der Waals surface area contributed by atoms with E-state index in [-0.39, 0.29) is 6.61 Å². The van der Waals surface area contributed by atoms with Gasteiger partial charge >= 0.3 is 0 Å². The lowest BCUT2D eigenvalue weighted by Gasteiger charge is -2.05. The number of hydrogen-bond acceptors (Lipinski definition) is 4. The molecule has 0 saturated carbocycles. The van der Waals surface area contributed by atoms with Gasteiger partial charge in [0.15, 0.2) is 0 Å². The zero-order valence-corrected chi connectivity index (χ0v) is 14.8. The van der Waals surface area contributed by atoms with Crippen LogP contribution in [0.25, 0.3) is 5.69 Å². The topological polar surface area (TPSA) is 67.9 Å². The molecule has 0 atom stereocenters. The van der Waals surface area contributed by atoms with Crippen LogP contribution in [0.5, 0.6) is 0 Å². The van der Waals surface area contributed by atoms with E-state index in [9.17, 15) is 0 Å². The molecule has 0 unspecified atom stereocenters. The van der Waals surface area contributed by atoms with Crippen LogP contribution in [0.4, 0.5) is 0 Å². The Morgan fingerprint density at radius 2 is 1.88 bits per heavy atom. The minimum atomic E-state index is 0.110. The first kappa shape index (κ1) is 17.4. The highest BCUT2D eigenvalue weighted by Crippen LogP contribution is 2.12. The molecule has 2 N–H and O–H groups in total. The number of aryl methyl sites for hydroxylation is 1. The molecular formula is C19H25N5O. The Morgan fingerprint density at radius 3 is 2.64 bits per heavy atom. The van der Waals surface area contributed by atoms with Gasteiger partial charge in [-0.15, -0.1) is 0 Å². The van der Waals surface area contributed by atoms with Crippen LogP contribution < -0.4 is 5.32 Å². The average molecular weight is 339 g/mol. The molecule has 132 valence electrons. The number of nitrogens with zero attached hydrogens (tertiary/aromatic N) is 4. The molecule has 2 heterocycles. The summed E-state index contributed by atoms with van der Waals surface area (Å²) in [6, 6.07) is 12.2. The highest BCUT2D eigenvalue weighted by atomic mass is 16.3. The third-order valence-corrected chi connectivity index (χ3v) is 4.37. The highest BCUT2D eigenvalue weighted by Gasteiger charge is 2.10. The van der Waals surface area contributed by atoms with Gasteiger partial charge in [-0.05, 0) is 32.0 Å². The molecule has 1 aromatic carbocycles. The van der Waals surface area contributed by atoms with Gasteiger partial charge in [0.05, 0.1) is 30.2 Å². The first-order valence-electron chi connectivity index (χ1n) is 8.63. The zero-order chi connectivity index (χ0) is 17.6. The van der Waals surface area contributed by atoms with Crippen molar-refractivity contribution in [1.82, 2.24) is 24.9 Å². The van der Waals surface area contributed by atoms with Crippen molar-refractivity contribution < 1.29 is 5.11 Å². The van der Waals surface area contributed by atoms with Crippen molar-refractivity contribution in [3.63, 3.8) is 0 Å². The van der Waals surface area contributed by atoms with Gasteiger partial charge in [-0.1, -0.05) is 18.2 Å². The maximum Gasteiger partial charge on any atom is 0.0645 e. The van der Waals surface area contributed by atoms with E-state index in [1.807, 2.05) is 59.7 Å². The van der Waals surface area contributed by atoms with E-state index in [0.717, 1.165) is 42.3 Å². The first-order chi connectivity index (χ1) is 12.2. The van der Waals surface area contributed by atoms with E-state index in [2.05, 4.69) is 21.6 Å². The smallest absolute Gasteiger partial charge is 0.0645 e. The standard InChI is InChI=1S/C19H25N5O/c1-15-19(16(2)23(21-15)12-13-25)14-20-10-8-17-9-11-24(22-17)18-6-4-3-5-7-18/h3-7,9,11,20,25H,8,10,12-14H2,1-2H3. The number of para-hydroxylation sites is 1. The normalized spacial score (nSPS) is 11.2. The molecule has 0 aliphatic rings. The highest BCUT2D eigenvalue weighted by molar-refractivity contribution is 5.30. The van der Waals surface area contributed by atoms with Gasteiger partial charge in [0.1, 0.15) is 0 Å². The largest absolute Gasteiger partial charge is 0.394 e. The third-order valence-electron chi connectivity index (χ3n) is 4.37. The molecular weight excluding hydrogens is 314 g/mol. The van der Waals surface area contributed by atoms with Crippen LogP contribution in [0.2, 0.25) is 0 Å². The van der Waals surface area contributed by atoms with Crippen LogP contribution >= 0.6 is 0 Å². The van der Waals surface area contributed by atoms with Gasteiger partial charge in [0, 0.05) is 37.0 Å². The molecule has 6 nitrogen and oxygen atoms in total. The Morgan fingerprint density at radius 1 is 1.08 bits per heavy atom. The van der Waals surface area contributed by atoms with Crippen LogP contribution in [0.3, 0.4) is 0 Å². The van der Waals surface area contributed by atoms with E-state index >= 15 is 0 Å². The van der Waals surface area contributed by atoms with Crippen molar-refractivity contribution in [3.8, 4) is 5.69 Å². The Kier molecular flexibility index (Phi) is 5.63. The van der Waals surface area contributed by atoms with Gasteiger partial charge in [0.25, 0.3) is 0 Å². The fraction of sp³-hybridized carbons (Fsp3) is 0.368. The lowest BCUT2D eigenvalue weighted by Crippen LogP contribution is -2.18. The van der Waals surface area contributed by atoms with Crippen LogP contribution in [-0.4, -0.2) is 37.8 Å². The second-order valence-electron chi connectivity index (χ2n) is 6.11. The second kappa shape index (κ2) is 8.09. The number of hydrogen-bond donors (Lipinski definition) is 2. The number of benzene rings is 1. The zero-order valence-electron chi connectivity index (χ0n) is 14.8. The molecule has 0 aliphatic heterocycles. The molecule has 0 bridgehead atoms. The van der Waals surface area contributed by atoms with Crippen molar-refractivity contribution in [1.29, 1.82) is 0 Å². The van der Waals surface area contributed by atoms with E-state index in [4.69, 9.17) is 5.11 Å². The predicted molar refractivity (Wildman–Crippen MR) is 97.8 cm³/mol. The summed E-state index contributed by atoms with van der Waals surface area (Å²) in [4.78, 5) is 0. The number of aliphatic hydroxyl groups excluding tert-OH is 1. The molecule has 25 heavy (non-hydrogen) atoms. The summed E-state index contributed by atoms with van der Waals surface area (Å²) in [5.41, 5.74) is 5.49. The Hall–Kier alpha value is -2.44. The van der Waals surface area contributed by atoms with Gasteiger partial charge in [-0.2, -0.15) is 10.2 Å². The Labute approximate surface area is 148 Å². The van der Waals surface area contributed by atoms with Crippen molar-refractivity contribution in [3.05, 3.63) is 65.2 Å². The molecule has 3 aromatic rings. The Balaban J connectivity index is 1.52.